The van der Waals surface area contributed by atoms with Gasteiger partial charge in [-0.05, 0) is 62.8 Å². The van der Waals surface area contributed by atoms with Crippen LogP contribution in [0.15, 0.2) is 0 Å². The summed E-state index contributed by atoms with van der Waals surface area (Å²) < 4.78 is 0. The summed E-state index contributed by atoms with van der Waals surface area (Å²) in [6, 6.07) is 0. The summed E-state index contributed by atoms with van der Waals surface area (Å²) in [6.45, 7) is 4.57. The molecule has 3 aliphatic rings. The molecule has 2 heteroatoms. The van der Waals surface area contributed by atoms with Gasteiger partial charge in [0, 0.05) is 18.6 Å². The molecule has 0 radical (unpaired) electrons. The lowest BCUT2D eigenvalue weighted by atomic mass is 9.83. The van der Waals surface area contributed by atoms with Gasteiger partial charge in [-0.1, -0.05) is 19.8 Å². The lowest BCUT2D eigenvalue weighted by Gasteiger charge is -2.44. The second-order valence-corrected chi connectivity index (χ2v) is 7.42. The van der Waals surface area contributed by atoms with Gasteiger partial charge >= 0.3 is 0 Å². The second kappa shape index (κ2) is 4.79. The molecule has 2 N–H and O–H groups in total. The van der Waals surface area contributed by atoms with Gasteiger partial charge < -0.3 is 5.73 Å². The van der Waals surface area contributed by atoms with E-state index in [1.807, 2.05) is 0 Å². The number of rotatable bonds is 4. The Balaban J connectivity index is 1.65. The quantitative estimate of drug-likeness (QED) is 0.831. The number of likely N-dealkylation sites (N-methyl/N-ethyl adjacent to an activating group) is 1. The molecule has 0 amide bonds. The molecule has 104 valence electrons. The minimum atomic E-state index is 0.321. The van der Waals surface area contributed by atoms with Crippen LogP contribution >= 0.6 is 0 Å². The molecule has 2 bridgehead atoms. The first-order chi connectivity index (χ1) is 8.65. The van der Waals surface area contributed by atoms with E-state index in [2.05, 4.69) is 18.9 Å². The highest BCUT2D eigenvalue weighted by Crippen LogP contribution is 2.49. The summed E-state index contributed by atoms with van der Waals surface area (Å²) in [4.78, 5) is 2.66. The molecule has 0 aliphatic heterocycles. The van der Waals surface area contributed by atoms with Gasteiger partial charge in [-0.3, -0.25) is 4.90 Å². The Morgan fingerprint density at radius 2 is 2.06 bits per heavy atom. The molecule has 0 spiro atoms. The van der Waals surface area contributed by atoms with Crippen LogP contribution in [0.2, 0.25) is 0 Å². The van der Waals surface area contributed by atoms with Crippen molar-refractivity contribution in [2.24, 2.45) is 29.4 Å². The molecule has 18 heavy (non-hydrogen) atoms. The van der Waals surface area contributed by atoms with Crippen LogP contribution in [0.5, 0.6) is 0 Å². The summed E-state index contributed by atoms with van der Waals surface area (Å²) in [7, 11) is 2.35. The van der Waals surface area contributed by atoms with Gasteiger partial charge in [0.15, 0.2) is 0 Å². The molecular formula is C16H30N2. The molecule has 0 aromatic carbocycles. The Kier molecular flexibility index (Phi) is 3.44. The molecule has 5 atom stereocenters. The van der Waals surface area contributed by atoms with Crippen LogP contribution in [0.25, 0.3) is 0 Å². The van der Waals surface area contributed by atoms with E-state index in [-0.39, 0.29) is 0 Å². The summed E-state index contributed by atoms with van der Waals surface area (Å²) in [5.74, 6) is 3.88. The Hall–Kier alpha value is -0.0800. The third-order valence-electron chi connectivity index (χ3n) is 6.67. The molecule has 0 aromatic heterocycles. The van der Waals surface area contributed by atoms with Crippen molar-refractivity contribution in [2.45, 2.75) is 57.4 Å². The molecule has 3 aliphatic carbocycles. The van der Waals surface area contributed by atoms with Crippen molar-refractivity contribution in [1.29, 1.82) is 0 Å². The summed E-state index contributed by atoms with van der Waals surface area (Å²) in [5, 5.41) is 0. The fraction of sp³-hybridized carbons (Fsp3) is 1.00. The third-order valence-corrected chi connectivity index (χ3v) is 6.67. The molecule has 2 nitrogen and oxygen atoms in total. The number of hydrogen-bond acceptors (Lipinski definition) is 2. The van der Waals surface area contributed by atoms with Gasteiger partial charge in [0.2, 0.25) is 0 Å². The van der Waals surface area contributed by atoms with Gasteiger partial charge in [0.25, 0.3) is 0 Å². The van der Waals surface area contributed by atoms with E-state index < -0.39 is 0 Å². The Bertz CT molecular complexity index is 303. The predicted octanol–water partition coefficient (Wildman–Crippen LogP) is 2.87. The van der Waals surface area contributed by atoms with Crippen molar-refractivity contribution in [3.63, 3.8) is 0 Å². The molecule has 0 heterocycles. The first-order valence-corrected chi connectivity index (χ1v) is 8.07. The summed E-state index contributed by atoms with van der Waals surface area (Å²) >= 11 is 0. The maximum atomic E-state index is 6.17. The molecule has 5 unspecified atom stereocenters. The third kappa shape index (κ3) is 1.92. The number of hydrogen-bond donors (Lipinski definition) is 1. The zero-order chi connectivity index (χ0) is 12.8. The molecule has 3 fully saturated rings. The average molecular weight is 250 g/mol. The molecule has 0 aromatic rings. The van der Waals surface area contributed by atoms with Crippen LogP contribution in [0.4, 0.5) is 0 Å². The van der Waals surface area contributed by atoms with Gasteiger partial charge in [-0.15, -0.1) is 0 Å². The van der Waals surface area contributed by atoms with Gasteiger partial charge in [-0.25, -0.2) is 0 Å². The van der Waals surface area contributed by atoms with Crippen LogP contribution in [-0.2, 0) is 0 Å². The maximum absolute atomic E-state index is 6.17. The average Bonchev–Trinajstić information content (AvgIpc) is 3.04. The second-order valence-electron chi connectivity index (χ2n) is 7.42. The smallest absolute Gasteiger partial charge is 0.0354 e. The summed E-state index contributed by atoms with van der Waals surface area (Å²) in [5.41, 5.74) is 6.49. The number of nitrogens with zero attached hydrogens (tertiary/aromatic N) is 1. The highest BCUT2D eigenvalue weighted by atomic mass is 15.2. The largest absolute Gasteiger partial charge is 0.329 e. The van der Waals surface area contributed by atoms with E-state index >= 15 is 0 Å². The van der Waals surface area contributed by atoms with Crippen molar-refractivity contribution < 1.29 is 0 Å². The lowest BCUT2D eigenvalue weighted by molar-refractivity contribution is 0.0641. The zero-order valence-corrected chi connectivity index (χ0v) is 12.2. The van der Waals surface area contributed by atoms with Crippen molar-refractivity contribution in [3.8, 4) is 0 Å². The molecule has 3 rings (SSSR count). The molecule has 3 saturated carbocycles. The van der Waals surface area contributed by atoms with Gasteiger partial charge in [-0.2, -0.15) is 0 Å². The van der Waals surface area contributed by atoms with Gasteiger partial charge in [0.1, 0.15) is 0 Å². The van der Waals surface area contributed by atoms with E-state index in [0.717, 1.165) is 30.2 Å². The molecule has 0 saturated heterocycles. The monoisotopic (exact) mass is 250 g/mol. The standard InChI is InChI=1S/C16H30N2/c1-12-4-3-7-16(12,11-17)18(2)10-15-9-13-5-6-14(15)8-13/h12-15H,3-11,17H2,1-2H3. The Labute approximate surface area is 112 Å². The van der Waals surface area contributed by atoms with Crippen molar-refractivity contribution in [3.05, 3.63) is 0 Å². The van der Waals surface area contributed by atoms with E-state index in [4.69, 9.17) is 5.73 Å². The van der Waals surface area contributed by atoms with Crippen molar-refractivity contribution in [2.75, 3.05) is 20.1 Å². The number of nitrogens with two attached hydrogens (primary N) is 1. The highest BCUT2D eigenvalue weighted by Gasteiger charge is 2.45. The van der Waals surface area contributed by atoms with E-state index in [0.29, 0.717) is 5.54 Å². The minimum absolute atomic E-state index is 0.321. The first-order valence-electron chi connectivity index (χ1n) is 8.07. The van der Waals surface area contributed by atoms with E-state index in [9.17, 15) is 0 Å². The fourth-order valence-electron chi connectivity index (χ4n) is 5.39. The topological polar surface area (TPSA) is 29.3 Å². The molecular weight excluding hydrogens is 220 g/mol. The van der Waals surface area contributed by atoms with Crippen LogP contribution < -0.4 is 5.73 Å². The first kappa shape index (κ1) is 12.9. The van der Waals surface area contributed by atoms with E-state index in [1.54, 1.807) is 0 Å². The van der Waals surface area contributed by atoms with Gasteiger partial charge in [0.05, 0.1) is 0 Å². The lowest BCUT2D eigenvalue weighted by Crippen LogP contribution is -2.55. The fourth-order valence-corrected chi connectivity index (χ4v) is 5.39. The number of fused-ring (bicyclic) bond motifs is 2. The maximum Gasteiger partial charge on any atom is 0.0354 e. The van der Waals surface area contributed by atoms with Crippen molar-refractivity contribution in [1.82, 2.24) is 4.90 Å². The van der Waals surface area contributed by atoms with Crippen LogP contribution in [0.3, 0.4) is 0 Å². The predicted molar refractivity (Wildman–Crippen MR) is 76.4 cm³/mol. The SMILES string of the molecule is CC1CCCC1(CN)N(C)CC1CC2CCC1C2. The van der Waals surface area contributed by atoms with Crippen LogP contribution in [-0.4, -0.2) is 30.6 Å². The van der Waals surface area contributed by atoms with E-state index in [1.165, 1.54) is 51.5 Å². The van der Waals surface area contributed by atoms with Crippen molar-refractivity contribution >= 4 is 0 Å². The minimum Gasteiger partial charge on any atom is -0.329 e. The Morgan fingerprint density at radius 1 is 1.22 bits per heavy atom. The van der Waals surface area contributed by atoms with Crippen LogP contribution in [0.1, 0.15) is 51.9 Å². The zero-order valence-electron chi connectivity index (χ0n) is 12.2. The Morgan fingerprint density at radius 3 is 2.56 bits per heavy atom. The van der Waals surface area contributed by atoms with Crippen LogP contribution in [0, 0.1) is 23.7 Å². The highest BCUT2D eigenvalue weighted by molar-refractivity contribution is 5.01. The normalized spacial score (nSPS) is 47.3. The summed E-state index contributed by atoms with van der Waals surface area (Å²) in [6.07, 6.45) is 10.1.